The highest BCUT2D eigenvalue weighted by atomic mass is 16.5. The number of hydrogen-bond acceptors (Lipinski definition) is 4. The summed E-state index contributed by atoms with van der Waals surface area (Å²) in [7, 11) is 0. The molecule has 4 atom stereocenters. The summed E-state index contributed by atoms with van der Waals surface area (Å²) in [5.41, 5.74) is -0.363. The first-order valence-corrected chi connectivity index (χ1v) is 10.3. The zero-order valence-electron chi connectivity index (χ0n) is 16.8. The van der Waals surface area contributed by atoms with E-state index in [1.54, 1.807) is 6.07 Å². The monoisotopic (exact) mass is 394 g/mol. The SMILES string of the molecule is Cc1ccc(CNC(=O)C2CC3CCC2(C)CC32NC(=O)c3ccccc3O2)o1. The molecule has 6 heteroatoms. The normalized spacial score (nSPS) is 32.4. The Morgan fingerprint density at radius 3 is 2.86 bits per heavy atom. The minimum absolute atomic E-state index is 0.0589. The standard InChI is InChI=1S/C23H26N2O4/c1-14-7-8-16(28-14)12-24-21(27)18-11-15-9-10-22(18,2)13-23(15)25-20(26)17-5-3-4-6-19(17)29-23/h3-8,15,18H,9-13H2,1-2H3,(H,24,27)(H,25,26). The molecule has 2 N–H and O–H groups in total. The van der Waals surface area contributed by atoms with Gasteiger partial charge in [0.25, 0.3) is 5.91 Å². The van der Waals surface area contributed by atoms with Gasteiger partial charge >= 0.3 is 0 Å². The van der Waals surface area contributed by atoms with E-state index in [2.05, 4.69) is 17.6 Å². The number of benzene rings is 1. The van der Waals surface area contributed by atoms with Crippen LogP contribution in [0.5, 0.6) is 5.75 Å². The Morgan fingerprint density at radius 1 is 1.28 bits per heavy atom. The van der Waals surface area contributed by atoms with Crippen molar-refractivity contribution < 1.29 is 18.7 Å². The molecule has 3 fully saturated rings. The number of fused-ring (bicyclic) bond motifs is 3. The van der Waals surface area contributed by atoms with Crippen molar-refractivity contribution in [1.29, 1.82) is 0 Å². The van der Waals surface area contributed by atoms with E-state index in [0.717, 1.165) is 24.4 Å². The van der Waals surface area contributed by atoms with Crippen LogP contribution in [-0.2, 0) is 11.3 Å². The highest BCUT2D eigenvalue weighted by Crippen LogP contribution is 2.58. The van der Waals surface area contributed by atoms with Crippen LogP contribution >= 0.6 is 0 Å². The van der Waals surface area contributed by atoms with Gasteiger partial charge in [-0.15, -0.1) is 0 Å². The second kappa shape index (κ2) is 6.37. The highest BCUT2D eigenvalue weighted by molar-refractivity contribution is 5.98. The number of para-hydroxylation sites is 1. The van der Waals surface area contributed by atoms with E-state index in [9.17, 15) is 9.59 Å². The van der Waals surface area contributed by atoms with E-state index in [1.807, 2.05) is 37.3 Å². The molecule has 2 aromatic rings. The average molecular weight is 394 g/mol. The second-order valence-electron chi connectivity index (χ2n) is 9.03. The van der Waals surface area contributed by atoms with Crippen LogP contribution in [0.3, 0.4) is 0 Å². The van der Waals surface area contributed by atoms with Crippen LogP contribution in [0.25, 0.3) is 0 Å². The Labute approximate surface area is 170 Å². The van der Waals surface area contributed by atoms with E-state index in [1.165, 1.54) is 0 Å². The first kappa shape index (κ1) is 18.3. The topological polar surface area (TPSA) is 80.6 Å². The number of nitrogens with one attached hydrogen (secondary N) is 2. The molecular formula is C23H26N2O4. The predicted octanol–water partition coefficient (Wildman–Crippen LogP) is 3.55. The van der Waals surface area contributed by atoms with E-state index < -0.39 is 5.72 Å². The predicted molar refractivity (Wildman–Crippen MR) is 106 cm³/mol. The number of rotatable bonds is 3. The van der Waals surface area contributed by atoms with Crippen molar-refractivity contribution >= 4 is 11.8 Å². The summed E-state index contributed by atoms with van der Waals surface area (Å²) in [6.07, 6.45) is 3.25. The van der Waals surface area contributed by atoms with E-state index in [-0.39, 0.29) is 29.1 Å². The summed E-state index contributed by atoms with van der Waals surface area (Å²) in [5.74, 6) is 2.23. The van der Waals surface area contributed by atoms with Gasteiger partial charge in [-0.05, 0) is 55.9 Å². The Morgan fingerprint density at radius 2 is 2.10 bits per heavy atom. The number of hydrogen-bond donors (Lipinski definition) is 2. The number of amides is 2. The Hall–Kier alpha value is -2.76. The lowest BCUT2D eigenvalue weighted by Crippen LogP contribution is -2.69. The van der Waals surface area contributed by atoms with Gasteiger partial charge in [0.15, 0.2) is 5.72 Å². The van der Waals surface area contributed by atoms with Gasteiger partial charge in [-0.2, -0.15) is 0 Å². The van der Waals surface area contributed by atoms with Gasteiger partial charge in [0.2, 0.25) is 5.91 Å². The van der Waals surface area contributed by atoms with Gasteiger partial charge in [0, 0.05) is 18.3 Å². The van der Waals surface area contributed by atoms with Crippen LogP contribution in [-0.4, -0.2) is 17.5 Å². The molecule has 3 aliphatic carbocycles. The molecule has 1 aromatic heterocycles. The van der Waals surface area contributed by atoms with Crippen molar-refractivity contribution in [2.45, 2.75) is 51.8 Å². The zero-order valence-corrected chi connectivity index (χ0v) is 16.8. The minimum atomic E-state index is -0.715. The molecule has 29 heavy (non-hydrogen) atoms. The molecule has 3 saturated carbocycles. The van der Waals surface area contributed by atoms with Crippen LogP contribution < -0.4 is 15.4 Å². The van der Waals surface area contributed by atoms with Crippen LogP contribution in [0.1, 0.15) is 54.5 Å². The van der Waals surface area contributed by atoms with Crippen LogP contribution in [0.15, 0.2) is 40.8 Å². The molecule has 1 aliphatic heterocycles. The molecule has 152 valence electrons. The smallest absolute Gasteiger partial charge is 0.258 e. The molecular weight excluding hydrogens is 368 g/mol. The van der Waals surface area contributed by atoms with Crippen molar-refractivity contribution in [2.75, 3.05) is 0 Å². The summed E-state index contributed by atoms with van der Waals surface area (Å²) in [6.45, 7) is 4.44. The molecule has 2 bridgehead atoms. The first-order valence-electron chi connectivity index (χ1n) is 10.3. The van der Waals surface area contributed by atoms with E-state index >= 15 is 0 Å². The van der Waals surface area contributed by atoms with Gasteiger partial charge in [-0.25, -0.2) is 0 Å². The minimum Gasteiger partial charge on any atom is -0.467 e. The van der Waals surface area contributed by atoms with Gasteiger partial charge in [0.1, 0.15) is 17.3 Å². The molecule has 4 aliphatic rings. The molecule has 2 heterocycles. The third kappa shape index (κ3) is 2.93. The summed E-state index contributed by atoms with van der Waals surface area (Å²) >= 11 is 0. The van der Waals surface area contributed by atoms with Gasteiger partial charge in [-0.3, -0.25) is 9.59 Å². The third-order valence-corrected chi connectivity index (χ3v) is 7.05. The van der Waals surface area contributed by atoms with E-state index in [4.69, 9.17) is 9.15 Å². The molecule has 4 unspecified atom stereocenters. The lowest BCUT2D eigenvalue weighted by atomic mass is 9.52. The third-order valence-electron chi connectivity index (χ3n) is 7.05. The van der Waals surface area contributed by atoms with Crippen LogP contribution in [0.4, 0.5) is 0 Å². The lowest BCUT2D eigenvalue weighted by Gasteiger charge is -2.59. The fourth-order valence-electron chi connectivity index (χ4n) is 5.54. The summed E-state index contributed by atoms with van der Waals surface area (Å²) < 4.78 is 12.0. The van der Waals surface area contributed by atoms with Gasteiger partial charge in [-0.1, -0.05) is 19.1 Å². The van der Waals surface area contributed by atoms with Crippen LogP contribution in [0, 0.1) is 24.2 Å². The average Bonchev–Trinajstić information content (AvgIpc) is 3.11. The Kier molecular flexibility index (Phi) is 4.02. The zero-order chi connectivity index (χ0) is 20.2. The largest absolute Gasteiger partial charge is 0.467 e. The first-order chi connectivity index (χ1) is 13.9. The summed E-state index contributed by atoms with van der Waals surface area (Å²) in [4.78, 5) is 25.8. The summed E-state index contributed by atoms with van der Waals surface area (Å²) in [6, 6.07) is 11.2. The van der Waals surface area contributed by atoms with Crippen molar-refractivity contribution in [1.82, 2.24) is 10.6 Å². The molecule has 6 nitrogen and oxygen atoms in total. The molecule has 0 radical (unpaired) electrons. The molecule has 2 amide bonds. The summed E-state index contributed by atoms with van der Waals surface area (Å²) in [5, 5.41) is 6.20. The van der Waals surface area contributed by atoms with Crippen molar-refractivity contribution in [3.63, 3.8) is 0 Å². The number of ether oxygens (including phenoxy) is 1. The van der Waals surface area contributed by atoms with Crippen LogP contribution in [0.2, 0.25) is 0 Å². The van der Waals surface area contributed by atoms with Crippen molar-refractivity contribution in [3.8, 4) is 5.75 Å². The molecule has 6 rings (SSSR count). The second-order valence-corrected chi connectivity index (χ2v) is 9.03. The fourth-order valence-corrected chi connectivity index (χ4v) is 5.54. The highest BCUT2D eigenvalue weighted by Gasteiger charge is 2.61. The Bertz CT molecular complexity index is 983. The maximum atomic E-state index is 13.0. The van der Waals surface area contributed by atoms with E-state index in [0.29, 0.717) is 30.7 Å². The maximum absolute atomic E-state index is 13.0. The molecule has 0 saturated heterocycles. The van der Waals surface area contributed by atoms with Gasteiger partial charge in [0.05, 0.1) is 12.1 Å². The lowest BCUT2D eigenvalue weighted by molar-refractivity contribution is -0.167. The van der Waals surface area contributed by atoms with Crippen molar-refractivity contribution in [2.24, 2.45) is 17.3 Å². The van der Waals surface area contributed by atoms with Gasteiger partial charge < -0.3 is 19.8 Å². The number of carbonyl (C=O) groups is 2. The molecule has 1 aromatic carbocycles. The number of furan rings is 1. The maximum Gasteiger partial charge on any atom is 0.258 e. The number of carbonyl (C=O) groups excluding carboxylic acids is 2. The number of aryl methyl sites for hydroxylation is 1. The Balaban J connectivity index is 1.35. The quantitative estimate of drug-likeness (QED) is 0.834. The molecule has 1 spiro atoms. The fraction of sp³-hybridized carbons (Fsp3) is 0.478. The van der Waals surface area contributed by atoms with Crippen molar-refractivity contribution in [3.05, 3.63) is 53.5 Å².